The van der Waals surface area contributed by atoms with Crippen LogP contribution in [-0.4, -0.2) is 22.5 Å². The summed E-state index contributed by atoms with van der Waals surface area (Å²) < 4.78 is -0.0278. The van der Waals surface area contributed by atoms with Crippen LogP contribution in [0.1, 0.15) is 27.7 Å². The quantitative estimate of drug-likeness (QED) is 0.460. The van der Waals surface area contributed by atoms with Crippen LogP contribution >= 0.6 is 11.8 Å². The van der Waals surface area contributed by atoms with Crippen LogP contribution in [-0.2, 0) is 4.79 Å². The van der Waals surface area contributed by atoms with Gasteiger partial charge in [-0.3, -0.25) is 0 Å². The lowest BCUT2D eigenvalue weighted by atomic mass is 10.2. The van der Waals surface area contributed by atoms with Crippen LogP contribution in [0.5, 0.6) is 0 Å². The van der Waals surface area contributed by atoms with Gasteiger partial charge in [0.05, 0.1) is 0 Å². The number of hydrogen-bond donors (Lipinski definition) is 0. The molecular formula is C7H15ClNO+. The lowest BCUT2D eigenvalue weighted by Crippen LogP contribution is -2.48. The van der Waals surface area contributed by atoms with Crippen molar-refractivity contribution in [1.82, 2.24) is 0 Å². The lowest BCUT2D eigenvalue weighted by molar-refractivity contribution is -0.775. The number of rotatable bonds is 3. The van der Waals surface area contributed by atoms with Gasteiger partial charge in [0, 0.05) is 0 Å². The van der Waals surface area contributed by atoms with Crippen LogP contribution in [0.3, 0.4) is 0 Å². The molecule has 10 heavy (non-hydrogen) atoms. The smallest absolute Gasteiger partial charge is 0.232 e. The van der Waals surface area contributed by atoms with E-state index < -0.39 is 0 Å². The molecule has 1 amide bonds. The van der Waals surface area contributed by atoms with E-state index in [-0.39, 0.29) is 16.1 Å². The molecule has 0 N–H and O–H groups in total. The second kappa shape index (κ2) is 3.35. The van der Waals surface area contributed by atoms with E-state index in [1.54, 1.807) is 0 Å². The Bertz CT molecular complexity index is 115. The van der Waals surface area contributed by atoms with E-state index in [4.69, 9.17) is 11.8 Å². The van der Waals surface area contributed by atoms with Gasteiger partial charge in [0.15, 0.2) is 11.8 Å². The van der Waals surface area contributed by atoms with E-state index in [2.05, 4.69) is 0 Å². The van der Waals surface area contributed by atoms with Gasteiger partial charge in [-0.2, -0.15) is 4.00 Å². The number of amides is 1. The zero-order valence-electron chi connectivity index (χ0n) is 6.97. The molecule has 0 aromatic carbocycles. The molecule has 60 valence electrons. The Morgan fingerprint density at radius 1 is 1.20 bits per heavy atom. The predicted molar refractivity (Wildman–Crippen MR) is 42.4 cm³/mol. The van der Waals surface area contributed by atoms with Crippen molar-refractivity contribution in [1.29, 1.82) is 0 Å². The number of halogens is 1. The second-order valence-corrected chi connectivity index (χ2v) is 3.62. The average molecular weight is 165 g/mol. The first kappa shape index (κ1) is 9.92. The van der Waals surface area contributed by atoms with E-state index in [9.17, 15) is 4.79 Å². The van der Waals surface area contributed by atoms with Gasteiger partial charge in [-0.1, -0.05) is 0 Å². The molecule has 0 heterocycles. The summed E-state index contributed by atoms with van der Waals surface area (Å²) in [4.78, 5) is 10.6. The molecule has 0 atom stereocenters. The number of hydrogen-bond acceptors (Lipinski definition) is 1. The Labute approximate surface area is 67.5 Å². The van der Waals surface area contributed by atoms with E-state index in [1.165, 1.54) is 0 Å². The van der Waals surface area contributed by atoms with E-state index >= 15 is 0 Å². The minimum atomic E-state index is -0.0278. The second-order valence-electron chi connectivity index (χ2n) is 3.03. The molecule has 0 spiro atoms. The van der Waals surface area contributed by atoms with Crippen molar-refractivity contribution in [3.63, 3.8) is 0 Å². The summed E-state index contributed by atoms with van der Waals surface area (Å²) in [6, 6.07) is 0.276. The maximum Gasteiger partial charge on any atom is 0.319 e. The fourth-order valence-corrected chi connectivity index (χ4v) is 0.840. The summed E-state index contributed by atoms with van der Waals surface area (Å²) in [7, 11) is 0. The minimum absolute atomic E-state index is 0.0278. The number of carbonyl (C=O) groups excluding carboxylic acids is 1. The molecule has 0 aliphatic carbocycles. The van der Waals surface area contributed by atoms with Gasteiger partial charge in [-0.25, -0.2) is 4.79 Å². The van der Waals surface area contributed by atoms with Crippen molar-refractivity contribution in [2.24, 2.45) is 0 Å². The topological polar surface area (TPSA) is 17.1 Å². The fraction of sp³-hybridized carbons (Fsp3) is 0.857. The lowest BCUT2D eigenvalue weighted by Gasteiger charge is -2.29. The zero-order chi connectivity index (χ0) is 8.36. The first-order valence-corrected chi connectivity index (χ1v) is 3.83. The molecule has 0 aromatic rings. The molecule has 0 bridgehead atoms. The van der Waals surface area contributed by atoms with Gasteiger partial charge >= 0.3 is 6.41 Å². The standard InChI is InChI=1S/C7H15ClNO/c1-6(2)9(8,5-10)7(3)4/h5-7H,1-4H3/q+1. The molecule has 0 rings (SSSR count). The molecule has 3 heteroatoms. The summed E-state index contributed by atoms with van der Waals surface area (Å²) in [5, 5.41) is 0. The summed E-state index contributed by atoms with van der Waals surface area (Å²) in [6.45, 7) is 7.73. The summed E-state index contributed by atoms with van der Waals surface area (Å²) in [5.41, 5.74) is 0. The third-order valence-electron chi connectivity index (χ3n) is 1.74. The first-order valence-electron chi connectivity index (χ1n) is 3.49. The Balaban J connectivity index is 4.38. The van der Waals surface area contributed by atoms with Crippen molar-refractivity contribution >= 4 is 18.2 Å². The van der Waals surface area contributed by atoms with Crippen molar-refractivity contribution in [2.45, 2.75) is 39.8 Å². The average Bonchev–Trinajstić information content (AvgIpc) is 1.85. The number of nitrogens with zero attached hydrogens (tertiary/aromatic N) is 1. The molecule has 0 radical (unpaired) electrons. The largest absolute Gasteiger partial charge is 0.319 e. The molecular weight excluding hydrogens is 150 g/mol. The summed E-state index contributed by atoms with van der Waals surface area (Å²) in [5.74, 6) is 0. The van der Waals surface area contributed by atoms with Gasteiger partial charge < -0.3 is 0 Å². The Morgan fingerprint density at radius 3 is 1.50 bits per heavy atom. The van der Waals surface area contributed by atoms with Crippen molar-refractivity contribution in [3.05, 3.63) is 0 Å². The number of carbonyl (C=O) groups is 1. The van der Waals surface area contributed by atoms with Crippen LogP contribution < -0.4 is 0 Å². The monoisotopic (exact) mass is 164 g/mol. The van der Waals surface area contributed by atoms with Gasteiger partial charge in [0.25, 0.3) is 0 Å². The van der Waals surface area contributed by atoms with Crippen molar-refractivity contribution in [3.8, 4) is 0 Å². The molecule has 0 aliphatic heterocycles. The molecule has 0 saturated carbocycles. The van der Waals surface area contributed by atoms with E-state index in [0.29, 0.717) is 0 Å². The third kappa shape index (κ3) is 1.70. The van der Waals surface area contributed by atoms with Crippen LogP contribution in [0.4, 0.5) is 0 Å². The summed E-state index contributed by atoms with van der Waals surface area (Å²) >= 11 is 5.96. The van der Waals surface area contributed by atoms with E-state index in [0.717, 1.165) is 6.41 Å². The zero-order valence-corrected chi connectivity index (χ0v) is 7.72. The summed E-state index contributed by atoms with van der Waals surface area (Å²) in [6.07, 6.45) is 0.789. The Hall–Kier alpha value is -0.0800. The molecule has 0 saturated heterocycles. The molecule has 0 unspecified atom stereocenters. The van der Waals surface area contributed by atoms with Crippen LogP contribution in [0.15, 0.2) is 0 Å². The van der Waals surface area contributed by atoms with Crippen LogP contribution in [0.25, 0.3) is 0 Å². The van der Waals surface area contributed by atoms with Crippen LogP contribution in [0.2, 0.25) is 0 Å². The molecule has 0 aliphatic rings. The maximum absolute atomic E-state index is 10.6. The third-order valence-corrected chi connectivity index (χ3v) is 2.60. The van der Waals surface area contributed by atoms with Crippen LogP contribution in [0, 0.1) is 0 Å². The minimum Gasteiger partial charge on any atom is -0.232 e. The first-order chi connectivity index (χ1) is 4.45. The van der Waals surface area contributed by atoms with Gasteiger partial charge in [0.2, 0.25) is 0 Å². The van der Waals surface area contributed by atoms with Gasteiger partial charge in [-0.05, 0) is 27.7 Å². The normalized spacial score (nSPS) is 12.7. The van der Waals surface area contributed by atoms with Gasteiger partial charge in [-0.15, -0.1) is 0 Å². The predicted octanol–water partition coefficient (Wildman–Crippen LogP) is 1.93. The SMILES string of the molecule is CC(C)[N+](Cl)(C=O)C(C)C. The highest BCUT2D eigenvalue weighted by Gasteiger charge is 2.33. The molecule has 2 nitrogen and oxygen atoms in total. The van der Waals surface area contributed by atoms with E-state index in [1.807, 2.05) is 27.7 Å². The maximum atomic E-state index is 10.6. The fourth-order valence-electron chi connectivity index (χ4n) is 0.840. The Morgan fingerprint density at radius 2 is 1.50 bits per heavy atom. The van der Waals surface area contributed by atoms with Crippen molar-refractivity contribution < 1.29 is 8.80 Å². The highest BCUT2D eigenvalue weighted by Crippen LogP contribution is 2.19. The molecule has 0 fully saturated rings. The van der Waals surface area contributed by atoms with Crippen molar-refractivity contribution in [2.75, 3.05) is 0 Å². The number of quaternary nitrogens is 1. The Kier molecular flexibility index (Phi) is 3.33. The highest BCUT2D eigenvalue weighted by atomic mass is 35.5. The highest BCUT2D eigenvalue weighted by molar-refractivity contribution is 6.10. The van der Waals surface area contributed by atoms with Gasteiger partial charge in [0.1, 0.15) is 12.1 Å². The molecule has 0 aromatic heterocycles.